The van der Waals surface area contributed by atoms with Crippen molar-refractivity contribution in [1.82, 2.24) is 0 Å². The standard InChI is InChI=1S/C12H20O5/c1-5-6-14-10-12(4,13)9-8(16-10)7-15-11(2,3)17-9/h5,8-10,13H,1,6-7H2,2-4H3/t8-,9+,10-,12+/m1/s1. The predicted octanol–water partition coefficient (Wildman–Crippen LogP) is 0.816. The molecule has 4 atom stereocenters. The molecule has 1 N–H and O–H groups in total. The van der Waals surface area contributed by atoms with E-state index in [9.17, 15) is 5.11 Å². The van der Waals surface area contributed by atoms with E-state index in [4.69, 9.17) is 18.9 Å². The Balaban J connectivity index is 2.10. The number of aliphatic hydroxyl groups is 1. The van der Waals surface area contributed by atoms with E-state index in [1.54, 1.807) is 13.0 Å². The van der Waals surface area contributed by atoms with Crippen molar-refractivity contribution in [1.29, 1.82) is 0 Å². The van der Waals surface area contributed by atoms with Crippen LogP contribution >= 0.6 is 0 Å². The van der Waals surface area contributed by atoms with Gasteiger partial charge in [-0.05, 0) is 20.8 Å². The minimum absolute atomic E-state index is 0.298. The highest BCUT2D eigenvalue weighted by Crippen LogP contribution is 2.39. The molecular formula is C12H20O5. The van der Waals surface area contributed by atoms with Crippen molar-refractivity contribution in [3.05, 3.63) is 12.7 Å². The molecule has 2 saturated heterocycles. The SMILES string of the molecule is C=CCO[C@@H]1O[C@@H]2COC(C)(C)O[C@@H]2[C@]1(C)O. The molecule has 0 aromatic rings. The van der Waals surface area contributed by atoms with Crippen molar-refractivity contribution in [3.63, 3.8) is 0 Å². The zero-order chi connectivity index (χ0) is 12.7. The van der Waals surface area contributed by atoms with E-state index in [1.807, 2.05) is 13.8 Å². The van der Waals surface area contributed by atoms with Crippen molar-refractivity contribution >= 4 is 0 Å². The minimum atomic E-state index is -1.19. The van der Waals surface area contributed by atoms with Gasteiger partial charge in [0.15, 0.2) is 12.1 Å². The quantitative estimate of drug-likeness (QED) is 0.745. The third-order valence-corrected chi connectivity index (χ3v) is 3.06. The first-order chi connectivity index (χ1) is 7.87. The summed E-state index contributed by atoms with van der Waals surface area (Å²) in [6.45, 7) is 9.57. The lowest BCUT2D eigenvalue weighted by molar-refractivity contribution is -0.307. The van der Waals surface area contributed by atoms with Crippen molar-refractivity contribution in [2.45, 2.75) is 50.7 Å². The summed E-state index contributed by atoms with van der Waals surface area (Å²) in [5.41, 5.74) is -1.19. The molecule has 0 spiro atoms. The zero-order valence-electron chi connectivity index (χ0n) is 10.5. The van der Waals surface area contributed by atoms with E-state index < -0.39 is 23.8 Å². The molecule has 17 heavy (non-hydrogen) atoms. The molecule has 0 aromatic carbocycles. The summed E-state index contributed by atoms with van der Waals surface area (Å²) >= 11 is 0. The molecule has 5 nitrogen and oxygen atoms in total. The molecule has 2 aliphatic heterocycles. The molecule has 0 bridgehead atoms. The highest BCUT2D eigenvalue weighted by atomic mass is 16.8. The first-order valence-corrected chi connectivity index (χ1v) is 5.79. The Labute approximate surface area is 101 Å². The lowest BCUT2D eigenvalue weighted by Crippen LogP contribution is -2.55. The van der Waals surface area contributed by atoms with Crippen molar-refractivity contribution in [2.24, 2.45) is 0 Å². The molecular weight excluding hydrogens is 224 g/mol. The first-order valence-electron chi connectivity index (χ1n) is 5.79. The summed E-state index contributed by atoms with van der Waals surface area (Å²) < 4.78 is 22.2. The van der Waals surface area contributed by atoms with Crippen molar-refractivity contribution in [3.8, 4) is 0 Å². The Morgan fingerprint density at radius 3 is 2.82 bits per heavy atom. The van der Waals surface area contributed by atoms with Gasteiger partial charge < -0.3 is 24.1 Å². The van der Waals surface area contributed by atoms with Crippen LogP contribution < -0.4 is 0 Å². The zero-order valence-corrected chi connectivity index (χ0v) is 10.5. The summed E-state index contributed by atoms with van der Waals surface area (Å²) in [6.07, 6.45) is 0.157. The van der Waals surface area contributed by atoms with E-state index in [0.29, 0.717) is 13.2 Å². The average Bonchev–Trinajstić information content (AvgIpc) is 2.47. The molecule has 2 fully saturated rings. The van der Waals surface area contributed by atoms with Crippen LogP contribution in [0.4, 0.5) is 0 Å². The number of hydrogen-bond acceptors (Lipinski definition) is 5. The topological polar surface area (TPSA) is 57.2 Å². The van der Waals surface area contributed by atoms with Gasteiger partial charge in [-0.15, -0.1) is 6.58 Å². The van der Waals surface area contributed by atoms with Gasteiger partial charge in [0.05, 0.1) is 13.2 Å². The molecule has 0 radical (unpaired) electrons. The average molecular weight is 244 g/mol. The molecule has 5 heteroatoms. The Kier molecular flexibility index (Phi) is 3.31. The molecule has 2 rings (SSSR count). The summed E-state index contributed by atoms with van der Waals surface area (Å²) in [5, 5.41) is 10.4. The Hall–Kier alpha value is -0.460. The molecule has 2 heterocycles. The molecule has 98 valence electrons. The van der Waals surface area contributed by atoms with Crippen molar-refractivity contribution < 1.29 is 24.1 Å². The summed E-state index contributed by atoms with van der Waals surface area (Å²) in [6, 6.07) is 0. The summed E-state index contributed by atoms with van der Waals surface area (Å²) in [5.74, 6) is -0.707. The highest BCUT2D eigenvalue weighted by Gasteiger charge is 2.58. The van der Waals surface area contributed by atoms with Gasteiger partial charge in [-0.3, -0.25) is 0 Å². The number of fused-ring (bicyclic) bond motifs is 1. The second kappa shape index (κ2) is 4.33. The monoisotopic (exact) mass is 244 g/mol. The molecule has 0 saturated carbocycles. The highest BCUT2D eigenvalue weighted by molar-refractivity contribution is 5.01. The van der Waals surface area contributed by atoms with Crippen LogP contribution in [0.5, 0.6) is 0 Å². The van der Waals surface area contributed by atoms with Gasteiger partial charge >= 0.3 is 0 Å². The third kappa shape index (κ3) is 2.39. The smallest absolute Gasteiger partial charge is 0.189 e. The van der Waals surface area contributed by atoms with Gasteiger partial charge in [0, 0.05) is 0 Å². The van der Waals surface area contributed by atoms with Crippen LogP contribution in [0, 0.1) is 0 Å². The van der Waals surface area contributed by atoms with Gasteiger partial charge in [0.25, 0.3) is 0 Å². The van der Waals surface area contributed by atoms with Crippen LogP contribution in [-0.4, -0.2) is 48.2 Å². The fourth-order valence-electron chi connectivity index (χ4n) is 2.19. The second-order valence-corrected chi connectivity index (χ2v) is 5.10. The maximum Gasteiger partial charge on any atom is 0.189 e. The van der Waals surface area contributed by atoms with E-state index >= 15 is 0 Å². The maximum absolute atomic E-state index is 10.4. The minimum Gasteiger partial charge on any atom is -0.382 e. The molecule has 0 aliphatic carbocycles. The third-order valence-electron chi connectivity index (χ3n) is 3.06. The van der Waals surface area contributed by atoms with Crippen LogP contribution in [0.25, 0.3) is 0 Å². The van der Waals surface area contributed by atoms with Crippen LogP contribution in [0.15, 0.2) is 12.7 Å². The Bertz CT molecular complexity index is 299. The molecule has 0 unspecified atom stereocenters. The van der Waals surface area contributed by atoms with Gasteiger partial charge in [-0.1, -0.05) is 6.08 Å². The maximum atomic E-state index is 10.4. The van der Waals surface area contributed by atoms with E-state index in [2.05, 4.69) is 6.58 Å². The molecule has 2 aliphatic rings. The fourth-order valence-corrected chi connectivity index (χ4v) is 2.19. The normalized spacial score (nSPS) is 44.4. The number of hydrogen-bond donors (Lipinski definition) is 1. The van der Waals surface area contributed by atoms with Crippen LogP contribution in [0.1, 0.15) is 20.8 Å². The molecule has 0 aromatic heterocycles. The van der Waals surface area contributed by atoms with E-state index in [-0.39, 0.29) is 6.10 Å². The number of rotatable bonds is 3. The lowest BCUT2D eigenvalue weighted by Gasteiger charge is -2.40. The second-order valence-electron chi connectivity index (χ2n) is 5.10. The number of ether oxygens (including phenoxy) is 4. The summed E-state index contributed by atoms with van der Waals surface area (Å²) in [4.78, 5) is 0. The summed E-state index contributed by atoms with van der Waals surface area (Å²) in [7, 11) is 0. The van der Waals surface area contributed by atoms with Crippen LogP contribution in [0.2, 0.25) is 0 Å². The largest absolute Gasteiger partial charge is 0.382 e. The first kappa shape index (κ1) is 13.0. The van der Waals surface area contributed by atoms with Crippen molar-refractivity contribution in [2.75, 3.05) is 13.2 Å². The predicted molar refractivity (Wildman–Crippen MR) is 60.3 cm³/mol. The van der Waals surface area contributed by atoms with Gasteiger partial charge in [0.1, 0.15) is 17.8 Å². The van der Waals surface area contributed by atoms with Gasteiger partial charge in [-0.2, -0.15) is 0 Å². The lowest BCUT2D eigenvalue weighted by atomic mass is 9.96. The van der Waals surface area contributed by atoms with Gasteiger partial charge in [0.2, 0.25) is 0 Å². The van der Waals surface area contributed by atoms with Gasteiger partial charge in [-0.25, -0.2) is 0 Å². The van der Waals surface area contributed by atoms with Crippen LogP contribution in [0.3, 0.4) is 0 Å². The molecule has 0 amide bonds. The van der Waals surface area contributed by atoms with Crippen LogP contribution in [-0.2, 0) is 18.9 Å². The fraction of sp³-hybridized carbons (Fsp3) is 0.833. The van der Waals surface area contributed by atoms with E-state index in [0.717, 1.165) is 0 Å². The Morgan fingerprint density at radius 2 is 2.18 bits per heavy atom. The Morgan fingerprint density at radius 1 is 1.47 bits per heavy atom. The van der Waals surface area contributed by atoms with E-state index in [1.165, 1.54) is 0 Å².